The Morgan fingerprint density at radius 2 is 2.00 bits per heavy atom. The molecule has 1 saturated heterocycles. The van der Waals surface area contributed by atoms with Crippen molar-refractivity contribution in [2.75, 3.05) is 50.0 Å². The minimum absolute atomic E-state index is 0.0525. The van der Waals surface area contributed by atoms with E-state index in [4.69, 9.17) is 4.74 Å². The van der Waals surface area contributed by atoms with E-state index in [1.54, 1.807) is 6.08 Å². The molecular formula is C24H24F2N6O2S. The molecule has 0 spiro atoms. The maximum atomic E-state index is 13.9. The van der Waals surface area contributed by atoms with Crippen molar-refractivity contribution in [3.63, 3.8) is 0 Å². The molecule has 0 radical (unpaired) electrons. The van der Waals surface area contributed by atoms with E-state index in [0.29, 0.717) is 4.91 Å². The zero-order valence-corrected chi connectivity index (χ0v) is 19.9. The average molecular weight is 499 g/mol. The second-order valence-electron chi connectivity index (χ2n) is 8.21. The third-order valence-corrected chi connectivity index (χ3v) is 6.71. The Bertz CT molecular complexity index is 1330. The first-order chi connectivity index (χ1) is 17.0. The van der Waals surface area contributed by atoms with E-state index in [0.717, 1.165) is 85.8 Å². The molecule has 182 valence electrons. The predicted molar refractivity (Wildman–Crippen MR) is 134 cm³/mol. The SMILES string of the molecule is Cn1c(NCCN2CCOCC2)nc2ccc(/C=C3\SC(Nc4ccc(F)cc4F)=NC3=O)cc21. The van der Waals surface area contributed by atoms with Crippen LogP contribution >= 0.6 is 11.8 Å². The monoisotopic (exact) mass is 498 g/mol. The van der Waals surface area contributed by atoms with Gasteiger partial charge in [-0.25, -0.2) is 13.8 Å². The summed E-state index contributed by atoms with van der Waals surface area (Å²) in [6.45, 7) is 5.13. The number of anilines is 2. The smallest absolute Gasteiger partial charge is 0.286 e. The molecule has 0 atom stereocenters. The van der Waals surface area contributed by atoms with Gasteiger partial charge in [0.1, 0.15) is 11.6 Å². The van der Waals surface area contributed by atoms with Gasteiger partial charge in [0, 0.05) is 39.3 Å². The number of amidine groups is 1. The highest BCUT2D eigenvalue weighted by Gasteiger charge is 2.23. The fraction of sp³-hybridized carbons (Fsp3) is 0.292. The first-order valence-electron chi connectivity index (χ1n) is 11.2. The largest absolute Gasteiger partial charge is 0.379 e. The molecule has 2 aliphatic rings. The van der Waals surface area contributed by atoms with E-state index in [1.807, 2.05) is 29.8 Å². The predicted octanol–water partition coefficient (Wildman–Crippen LogP) is 3.68. The molecule has 2 N–H and O–H groups in total. The van der Waals surface area contributed by atoms with Crippen LogP contribution in [0.5, 0.6) is 0 Å². The molecule has 1 fully saturated rings. The van der Waals surface area contributed by atoms with E-state index in [1.165, 1.54) is 6.07 Å². The Labute approximate surface area is 205 Å². The van der Waals surface area contributed by atoms with Gasteiger partial charge < -0.3 is 19.9 Å². The standard InChI is InChI=1S/C24H24F2N6O2S/c1-31-20-12-15(2-4-19(20)28-23(31)27-6-7-32-8-10-34-11-9-32)13-21-22(33)30-24(35-21)29-18-5-3-16(25)14-17(18)26/h2-5,12-14H,6-11H2,1H3,(H,27,28)(H,29,30,33)/b21-13-. The number of fused-ring (bicyclic) bond motifs is 1. The number of carbonyl (C=O) groups excluding carboxylic acids is 1. The molecule has 2 aromatic carbocycles. The van der Waals surface area contributed by atoms with E-state index in [2.05, 4.69) is 25.5 Å². The first-order valence-corrected chi connectivity index (χ1v) is 12.0. The molecule has 0 saturated carbocycles. The highest BCUT2D eigenvalue weighted by molar-refractivity contribution is 8.18. The summed E-state index contributed by atoms with van der Waals surface area (Å²) in [5.74, 6) is -1.07. The third-order valence-electron chi connectivity index (χ3n) is 5.81. The lowest BCUT2D eigenvalue weighted by molar-refractivity contribution is -0.113. The molecular weight excluding hydrogens is 474 g/mol. The average Bonchev–Trinajstić information content (AvgIpc) is 3.35. The molecule has 5 rings (SSSR count). The summed E-state index contributed by atoms with van der Waals surface area (Å²) in [4.78, 5) is 23.8. The number of hydrogen-bond acceptors (Lipinski definition) is 7. The van der Waals surface area contributed by atoms with Crippen molar-refractivity contribution < 1.29 is 18.3 Å². The zero-order valence-electron chi connectivity index (χ0n) is 19.1. The van der Waals surface area contributed by atoms with Crippen LogP contribution in [0.1, 0.15) is 5.56 Å². The Balaban J connectivity index is 1.26. The van der Waals surface area contributed by atoms with Crippen LogP contribution in [0.25, 0.3) is 17.1 Å². The molecule has 35 heavy (non-hydrogen) atoms. The maximum absolute atomic E-state index is 13.9. The first kappa shape index (κ1) is 23.5. The van der Waals surface area contributed by atoms with Crippen LogP contribution in [0.3, 0.4) is 0 Å². The summed E-state index contributed by atoms with van der Waals surface area (Å²) in [6, 6.07) is 8.94. The number of aliphatic imine (C=N–C) groups is 1. The number of nitrogens with one attached hydrogen (secondary N) is 2. The quantitative estimate of drug-likeness (QED) is 0.502. The van der Waals surface area contributed by atoms with Crippen LogP contribution in [-0.4, -0.2) is 64.9 Å². The number of halogens is 2. The minimum Gasteiger partial charge on any atom is -0.379 e. The van der Waals surface area contributed by atoms with Gasteiger partial charge in [0.15, 0.2) is 5.17 Å². The number of amides is 1. The Kier molecular flexibility index (Phi) is 6.80. The summed E-state index contributed by atoms with van der Waals surface area (Å²) in [5, 5.41) is 6.38. The van der Waals surface area contributed by atoms with E-state index >= 15 is 0 Å². The van der Waals surface area contributed by atoms with Crippen molar-refractivity contribution in [3.05, 3.63) is 58.5 Å². The zero-order chi connectivity index (χ0) is 24.4. The number of carbonyl (C=O) groups is 1. The van der Waals surface area contributed by atoms with E-state index in [9.17, 15) is 13.6 Å². The van der Waals surface area contributed by atoms with Crippen LogP contribution in [0, 0.1) is 11.6 Å². The Morgan fingerprint density at radius 3 is 2.80 bits per heavy atom. The number of nitrogens with zero attached hydrogens (tertiary/aromatic N) is 4. The molecule has 0 unspecified atom stereocenters. The summed E-state index contributed by atoms with van der Waals surface area (Å²) in [7, 11) is 1.95. The van der Waals surface area contributed by atoms with Gasteiger partial charge in [0.05, 0.1) is 34.8 Å². The molecule has 3 heterocycles. The van der Waals surface area contributed by atoms with Crippen molar-refractivity contribution in [2.24, 2.45) is 12.0 Å². The highest BCUT2D eigenvalue weighted by atomic mass is 32.2. The summed E-state index contributed by atoms with van der Waals surface area (Å²) >= 11 is 1.10. The van der Waals surface area contributed by atoms with Gasteiger partial charge in [-0.1, -0.05) is 6.07 Å². The number of aryl methyl sites for hydroxylation is 1. The van der Waals surface area contributed by atoms with Gasteiger partial charge in [0.2, 0.25) is 5.95 Å². The van der Waals surface area contributed by atoms with Crippen molar-refractivity contribution >= 4 is 51.6 Å². The van der Waals surface area contributed by atoms with Crippen LogP contribution in [0.2, 0.25) is 0 Å². The molecule has 1 amide bonds. The van der Waals surface area contributed by atoms with Gasteiger partial charge in [-0.05, 0) is 47.7 Å². The molecule has 11 heteroatoms. The molecule has 1 aromatic heterocycles. The number of morpholine rings is 1. The second-order valence-corrected chi connectivity index (χ2v) is 9.24. The number of thioether (sulfide) groups is 1. The van der Waals surface area contributed by atoms with E-state index in [-0.39, 0.29) is 10.9 Å². The molecule has 2 aliphatic heterocycles. The lowest BCUT2D eigenvalue weighted by Gasteiger charge is -2.26. The van der Waals surface area contributed by atoms with Crippen molar-refractivity contribution in [3.8, 4) is 0 Å². The third kappa shape index (κ3) is 5.37. The molecule has 0 aliphatic carbocycles. The van der Waals surface area contributed by atoms with Gasteiger partial charge in [-0.15, -0.1) is 0 Å². The van der Waals surface area contributed by atoms with Crippen molar-refractivity contribution in [2.45, 2.75) is 0 Å². The summed E-state index contributed by atoms with van der Waals surface area (Å²) in [5.41, 5.74) is 2.65. The molecule has 8 nitrogen and oxygen atoms in total. The normalized spacial score (nSPS) is 17.9. The van der Waals surface area contributed by atoms with Gasteiger partial charge in [0.25, 0.3) is 5.91 Å². The summed E-state index contributed by atoms with van der Waals surface area (Å²) < 4.78 is 34.4. The maximum Gasteiger partial charge on any atom is 0.286 e. The van der Waals surface area contributed by atoms with Gasteiger partial charge >= 0.3 is 0 Å². The fourth-order valence-corrected chi connectivity index (χ4v) is 4.75. The van der Waals surface area contributed by atoms with Crippen LogP contribution in [0.4, 0.5) is 20.4 Å². The van der Waals surface area contributed by atoms with Crippen LogP contribution in [0.15, 0.2) is 46.3 Å². The van der Waals surface area contributed by atoms with Gasteiger partial charge in [-0.3, -0.25) is 9.69 Å². The van der Waals surface area contributed by atoms with Crippen molar-refractivity contribution in [1.29, 1.82) is 0 Å². The Morgan fingerprint density at radius 1 is 1.17 bits per heavy atom. The minimum atomic E-state index is -0.755. The highest BCUT2D eigenvalue weighted by Crippen LogP contribution is 2.31. The molecule has 3 aromatic rings. The fourth-order valence-electron chi connectivity index (χ4n) is 3.93. The number of imidazole rings is 1. The van der Waals surface area contributed by atoms with Gasteiger partial charge in [-0.2, -0.15) is 4.99 Å². The number of rotatable bonds is 6. The lowest BCUT2D eigenvalue weighted by atomic mass is 10.2. The van der Waals surface area contributed by atoms with E-state index < -0.39 is 17.5 Å². The number of ether oxygens (including phenoxy) is 1. The lowest BCUT2D eigenvalue weighted by Crippen LogP contribution is -2.39. The summed E-state index contributed by atoms with van der Waals surface area (Å²) in [6.07, 6.45) is 1.74. The van der Waals surface area contributed by atoms with Crippen molar-refractivity contribution in [1.82, 2.24) is 14.5 Å². The number of benzene rings is 2. The number of hydrogen-bond donors (Lipinski definition) is 2. The van der Waals surface area contributed by atoms with Crippen LogP contribution in [-0.2, 0) is 16.6 Å². The second kappa shape index (κ2) is 10.1. The Hall–Kier alpha value is -3.28. The topological polar surface area (TPSA) is 83.8 Å². The number of aromatic nitrogens is 2. The molecule has 0 bridgehead atoms. The van der Waals surface area contributed by atoms with Crippen LogP contribution < -0.4 is 10.6 Å².